The topological polar surface area (TPSA) is 210 Å². The van der Waals surface area contributed by atoms with Crippen molar-refractivity contribution in [2.75, 3.05) is 13.2 Å². The van der Waals surface area contributed by atoms with Gasteiger partial charge in [-0.05, 0) is 12.8 Å². The molecule has 0 amide bonds. The number of phosphoric ester groups is 1. The smallest absolute Gasteiger partial charge is 0.462 e. The molecule has 1 aliphatic carbocycles. The van der Waals surface area contributed by atoms with Crippen LogP contribution >= 0.6 is 7.82 Å². The summed E-state index contributed by atoms with van der Waals surface area (Å²) in [6, 6.07) is 0. The van der Waals surface area contributed by atoms with Gasteiger partial charge in [0.2, 0.25) is 0 Å². The summed E-state index contributed by atoms with van der Waals surface area (Å²) in [4.78, 5) is 35.8. The van der Waals surface area contributed by atoms with Gasteiger partial charge in [-0.2, -0.15) is 0 Å². The monoisotopic (exact) mass is 923 g/mol. The van der Waals surface area contributed by atoms with Gasteiger partial charge < -0.3 is 39.9 Å². The molecular weight excluding hydrogens is 827 g/mol. The van der Waals surface area contributed by atoms with Crippen LogP contribution in [0.25, 0.3) is 0 Å². The van der Waals surface area contributed by atoms with Crippen molar-refractivity contribution in [3.05, 3.63) is 0 Å². The Kier molecular flexibility index (Phi) is 38.0. The lowest BCUT2D eigenvalue weighted by Gasteiger charge is -2.41. The van der Waals surface area contributed by atoms with E-state index in [0.717, 1.165) is 38.5 Å². The standard InChI is InChI=1S/C49H95O13P/c1-3-5-7-9-11-13-15-17-19-21-23-25-27-29-31-33-35-37-42(50)59-39-41(40-60-63(57,58)62-49-47(55)45(53)44(52)46(54)48(49)56)61-43(51)38-36-34-32-30-28-26-24-22-20-18-16-14-12-10-8-6-4-2/h41,44-49,52-56H,3-40H2,1-2H3,(H,57,58). The van der Waals surface area contributed by atoms with E-state index in [1.165, 1.54) is 167 Å². The van der Waals surface area contributed by atoms with Gasteiger partial charge in [-0.25, -0.2) is 4.57 Å². The third-order valence-electron chi connectivity index (χ3n) is 12.4. The highest BCUT2D eigenvalue weighted by atomic mass is 31.2. The molecule has 0 aromatic carbocycles. The van der Waals surface area contributed by atoms with Crippen molar-refractivity contribution in [2.24, 2.45) is 0 Å². The van der Waals surface area contributed by atoms with Gasteiger partial charge in [0.25, 0.3) is 0 Å². The minimum absolute atomic E-state index is 0.105. The molecule has 0 bridgehead atoms. The lowest BCUT2D eigenvalue weighted by Crippen LogP contribution is -2.64. The Morgan fingerprint density at radius 2 is 0.714 bits per heavy atom. The first kappa shape index (κ1) is 59.9. The van der Waals surface area contributed by atoms with Crippen LogP contribution in [0.3, 0.4) is 0 Å². The number of hydrogen-bond donors (Lipinski definition) is 6. The van der Waals surface area contributed by atoms with Crippen LogP contribution in [0.15, 0.2) is 0 Å². The maximum atomic E-state index is 12.8. The second-order valence-corrected chi connectivity index (χ2v) is 19.8. The molecule has 0 heterocycles. The maximum absolute atomic E-state index is 12.8. The first-order valence-corrected chi connectivity index (χ1v) is 27.3. The second-order valence-electron chi connectivity index (χ2n) is 18.4. The van der Waals surface area contributed by atoms with Gasteiger partial charge in [-0.1, -0.05) is 219 Å². The van der Waals surface area contributed by atoms with Crippen molar-refractivity contribution in [3.63, 3.8) is 0 Å². The Morgan fingerprint density at radius 1 is 0.429 bits per heavy atom. The van der Waals surface area contributed by atoms with E-state index in [4.69, 9.17) is 18.5 Å². The van der Waals surface area contributed by atoms with Gasteiger partial charge in [0.15, 0.2) is 6.10 Å². The molecule has 63 heavy (non-hydrogen) atoms. The molecule has 0 aromatic rings. The van der Waals surface area contributed by atoms with E-state index in [0.29, 0.717) is 12.8 Å². The predicted octanol–water partition coefficient (Wildman–Crippen LogP) is 10.8. The highest BCUT2D eigenvalue weighted by molar-refractivity contribution is 7.47. The number of carbonyl (C=O) groups excluding carboxylic acids is 2. The number of aliphatic hydroxyl groups is 5. The highest BCUT2D eigenvalue weighted by Crippen LogP contribution is 2.47. The molecule has 6 N–H and O–H groups in total. The van der Waals surface area contributed by atoms with Crippen LogP contribution < -0.4 is 0 Å². The fourth-order valence-corrected chi connectivity index (χ4v) is 9.26. The molecule has 374 valence electrons. The molecule has 6 unspecified atom stereocenters. The number of ether oxygens (including phenoxy) is 2. The normalized spacial score (nSPS) is 21.6. The van der Waals surface area contributed by atoms with Crippen LogP contribution in [0, 0.1) is 0 Å². The van der Waals surface area contributed by atoms with E-state index in [1.807, 2.05) is 0 Å². The molecule has 0 aliphatic heterocycles. The third-order valence-corrected chi connectivity index (χ3v) is 13.4. The lowest BCUT2D eigenvalue weighted by molar-refractivity contribution is -0.220. The number of phosphoric acid groups is 1. The number of rotatable bonds is 44. The van der Waals surface area contributed by atoms with Crippen LogP contribution in [-0.2, 0) is 32.7 Å². The van der Waals surface area contributed by atoms with Gasteiger partial charge in [0, 0.05) is 12.8 Å². The molecule has 14 heteroatoms. The molecule has 0 aromatic heterocycles. The highest BCUT2D eigenvalue weighted by Gasteiger charge is 2.51. The van der Waals surface area contributed by atoms with Crippen molar-refractivity contribution in [1.82, 2.24) is 0 Å². The van der Waals surface area contributed by atoms with Gasteiger partial charge in [0.1, 0.15) is 43.2 Å². The van der Waals surface area contributed by atoms with Crippen LogP contribution in [0.1, 0.15) is 245 Å². The fourth-order valence-electron chi connectivity index (χ4n) is 8.29. The number of hydrogen-bond acceptors (Lipinski definition) is 12. The molecular formula is C49H95O13P. The molecule has 13 nitrogen and oxygen atoms in total. The first-order valence-electron chi connectivity index (χ1n) is 25.8. The maximum Gasteiger partial charge on any atom is 0.472 e. The number of aliphatic hydroxyl groups excluding tert-OH is 5. The van der Waals surface area contributed by atoms with Gasteiger partial charge in [-0.15, -0.1) is 0 Å². The summed E-state index contributed by atoms with van der Waals surface area (Å²) in [5.74, 6) is -1.08. The van der Waals surface area contributed by atoms with E-state index >= 15 is 0 Å². The van der Waals surface area contributed by atoms with Crippen LogP contribution in [0.2, 0.25) is 0 Å². The minimum atomic E-state index is -5.11. The van der Waals surface area contributed by atoms with E-state index in [2.05, 4.69) is 13.8 Å². The Hall–Kier alpha value is -1.15. The van der Waals surface area contributed by atoms with E-state index < -0.39 is 75.7 Å². The molecule has 1 aliphatic rings. The first-order chi connectivity index (χ1) is 30.4. The summed E-state index contributed by atoms with van der Waals surface area (Å²) in [7, 11) is -5.11. The molecule has 1 saturated carbocycles. The third kappa shape index (κ3) is 32.2. The summed E-state index contributed by atoms with van der Waals surface area (Å²) >= 11 is 0. The van der Waals surface area contributed by atoms with Crippen LogP contribution in [0.5, 0.6) is 0 Å². The Morgan fingerprint density at radius 3 is 1.05 bits per heavy atom. The van der Waals surface area contributed by atoms with Crippen LogP contribution in [0.4, 0.5) is 0 Å². The zero-order valence-electron chi connectivity index (χ0n) is 39.9. The quantitative estimate of drug-likeness (QED) is 0.0191. The zero-order valence-corrected chi connectivity index (χ0v) is 40.8. The van der Waals surface area contributed by atoms with E-state index in [1.54, 1.807) is 0 Å². The summed E-state index contributed by atoms with van der Waals surface area (Å²) in [6.45, 7) is 3.35. The van der Waals surface area contributed by atoms with Crippen molar-refractivity contribution in [3.8, 4) is 0 Å². The summed E-state index contributed by atoms with van der Waals surface area (Å²) < 4.78 is 33.6. The van der Waals surface area contributed by atoms with Crippen molar-refractivity contribution >= 4 is 19.8 Å². The average molecular weight is 923 g/mol. The van der Waals surface area contributed by atoms with Crippen molar-refractivity contribution in [1.29, 1.82) is 0 Å². The Balaban J connectivity index is 2.38. The largest absolute Gasteiger partial charge is 0.472 e. The molecule has 0 spiro atoms. The molecule has 0 radical (unpaired) electrons. The van der Waals surface area contributed by atoms with Crippen LogP contribution in [-0.4, -0.2) is 98.3 Å². The van der Waals surface area contributed by atoms with Gasteiger partial charge >= 0.3 is 19.8 Å². The molecule has 1 fully saturated rings. The SMILES string of the molecule is CCCCCCCCCCCCCCCCCCCC(=O)OCC(COP(=O)(O)OC1C(O)C(O)C(O)C(O)C1O)OC(=O)CCCCCCCCCCCCCCCCCCC. The zero-order chi connectivity index (χ0) is 46.4. The molecule has 0 saturated heterocycles. The Labute approximate surface area is 382 Å². The summed E-state index contributed by atoms with van der Waals surface area (Å²) in [5.41, 5.74) is 0. The average Bonchev–Trinajstić information content (AvgIpc) is 3.26. The molecule has 1 rings (SSSR count). The van der Waals surface area contributed by atoms with Gasteiger partial charge in [0.05, 0.1) is 6.61 Å². The number of carbonyl (C=O) groups is 2. The number of esters is 2. The summed E-state index contributed by atoms with van der Waals surface area (Å²) in [5, 5.41) is 50.2. The Bertz CT molecular complexity index is 1110. The fraction of sp³-hybridized carbons (Fsp3) is 0.959. The lowest BCUT2D eigenvalue weighted by atomic mass is 9.85. The number of unbranched alkanes of at least 4 members (excludes halogenated alkanes) is 32. The van der Waals surface area contributed by atoms with Crippen molar-refractivity contribution < 1.29 is 63.1 Å². The van der Waals surface area contributed by atoms with Gasteiger partial charge in [-0.3, -0.25) is 18.6 Å². The van der Waals surface area contributed by atoms with E-state index in [9.17, 15) is 44.6 Å². The molecule has 6 atom stereocenters. The predicted molar refractivity (Wildman–Crippen MR) is 249 cm³/mol. The van der Waals surface area contributed by atoms with E-state index in [-0.39, 0.29) is 12.8 Å². The van der Waals surface area contributed by atoms with Crippen molar-refractivity contribution in [2.45, 2.75) is 288 Å². The second kappa shape index (κ2) is 40.0. The minimum Gasteiger partial charge on any atom is -0.462 e. The summed E-state index contributed by atoms with van der Waals surface area (Å²) in [6.07, 6.45) is 28.6.